The van der Waals surface area contributed by atoms with E-state index in [4.69, 9.17) is 0 Å². The van der Waals surface area contributed by atoms with E-state index >= 15 is 0 Å². The largest absolute Gasteiger partial charge is 0.366 e. The van der Waals surface area contributed by atoms with Crippen LogP contribution in [0, 0.1) is 0 Å². The van der Waals surface area contributed by atoms with E-state index in [1.165, 1.54) is 5.56 Å². The third kappa shape index (κ3) is 3.26. The number of hydrogen-bond donors (Lipinski definition) is 3. The predicted molar refractivity (Wildman–Crippen MR) is 83.8 cm³/mol. The Bertz CT molecular complexity index is 585. The van der Waals surface area contributed by atoms with Gasteiger partial charge in [-0.25, -0.2) is 9.97 Å². The van der Waals surface area contributed by atoms with E-state index in [0.717, 1.165) is 35.7 Å². The van der Waals surface area contributed by atoms with E-state index < -0.39 is 0 Å². The van der Waals surface area contributed by atoms with E-state index in [1.807, 2.05) is 24.3 Å². The minimum absolute atomic E-state index is 0.473. The van der Waals surface area contributed by atoms with E-state index in [2.05, 4.69) is 47.9 Å². The molecule has 2 aromatic rings. The summed E-state index contributed by atoms with van der Waals surface area (Å²) in [7, 11) is 0. The van der Waals surface area contributed by atoms with Gasteiger partial charge in [0.25, 0.3) is 0 Å². The fourth-order valence-electron chi connectivity index (χ4n) is 1.96. The zero-order chi connectivity index (χ0) is 13.8. The SMILES string of the molecule is Brc1ccccc1CNc1cc(NC2CNC2)ncn1. The molecule has 0 aliphatic carbocycles. The molecule has 1 saturated heterocycles. The average Bonchev–Trinajstić information content (AvgIpc) is 2.43. The standard InChI is InChI=1S/C14H16BrN5/c15-12-4-2-1-3-10(12)6-17-13-5-14(19-9-18-13)20-11-7-16-8-11/h1-5,9,11,16H,6-8H2,(H2,17,18,19,20). The molecular weight excluding hydrogens is 318 g/mol. The summed E-state index contributed by atoms with van der Waals surface area (Å²) in [5.41, 5.74) is 1.20. The molecule has 0 amide bonds. The van der Waals surface area contributed by atoms with Crippen molar-refractivity contribution in [3.8, 4) is 0 Å². The van der Waals surface area contributed by atoms with Gasteiger partial charge >= 0.3 is 0 Å². The first-order valence-electron chi connectivity index (χ1n) is 6.58. The lowest BCUT2D eigenvalue weighted by Gasteiger charge is -2.28. The van der Waals surface area contributed by atoms with E-state index in [9.17, 15) is 0 Å². The Morgan fingerprint density at radius 3 is 2.75 bits per heavy atom. The Hall–Kier alpha value is -1.66. The Balaban J connectivity index is 1.62. The van der Waals surface area contributed by atoms with E-state index in [1.54, 1.807) is 6.33 Å². The molecule has 0 saturated carbocycles. The molecule has 104 valence electrons. The first-order chi connectivity index (χ1) is 9.81. The van der Waals surface area contributed by atoms with Crippen LogP contribution in [0.2, 0.25) is 0 Å². The molecule has 3 N–H and O–H groups in total. The third-order valence-corrected chi connectivity index (χ3v) is 3.99. The summed E-state index contributed by atoms with van der Waals surface area (Å²) >= 11 is 3.54. The Morgan fingerprint density at radius 2 is 2.00 bits per heavy atom. The van der Waals surface area contributed by atoms with Gasteiger partial charge < -0.3 is 16.0 Å². The summed E-state index contributed by atoms with van der Waals surface area (Å²) in [4.78, 5) is 8.48. The van der Waals surface area contributed by atoms with Crippen LogP contribution in [0.3, 0.4) is 0 Å². The molecule has 1 aromatic heterocycles. The van der Waals surface area contributed by atoms with Gasteiger partial charge in [0.1, 0.15) is 18.0 Å². The van der Waals surface area contributed by atoms with Gasteiger partial charge in [-0.1, -0.05) is 34.1 Å². The topological polar surface area (TPSA) is 61.9 Å². The first-order valence-corrected chi connectivity index (χ1v) is 7.37. The van der Waals surface area contributed by atoms with Crippen LogP contribution in [0.15, 0.2) is 41.1 Å². The zero-order valence-electron chi connectivity index (χ0n) is 10.9. The molecule has 0 bridgehead atoms. The number of aromatic nitrogens is 2. The number of hydrogen-bond acceptors (Lipinski definition) is 5. The van der Waals surface area contributed by atoms with Crippen LogP contribution in [0.5, 0.6) is 0 Å². The lowest BCUT2D eigenvalue weighted by atomic mass is 10.2. The summed E-state index contributed by atoms with van der Waals surface area (Å²) in [6.07, 6.45) is 1.58. The molecule has 6 heteroatoms. The molecule has 3 rings (SSSR count). The molecule has 0 radical (unpaired) electrons. The summed E-state index contributed by atoms with van der Waals surface area (Å²) in [6, 6.07) is 10.6. The number of benzene rings is 1. The van der Waals surface area contributed by atoms with Gasteiger partial charge in [-0.15, -0.1) is 0 Å². The molecule has 2 heterocycles. The van der Waals surface area contributed by atoms with Crippen LogP contribution in [0.1, 0.15) is 5.56 Å². The highest BCUT2D eigenvalue weighted by Gasteiger charge is 2.16. The van der Waals surface area contributed by atoms with Crippen molar-refractivity contribution in [2.45, 2.75) is 12.6 Å². The fraction of sp³-hybridized carbons (Fsp3) is 0.286. The minimum Gasteiger partial charge on any atom is -0.366 e. The van der Waals surface area contributed by atoms with Crippen molar-refractivity contribution in [3.63, 3.8) is 0 Å². The molecule has 1 aliphatic rings. The first kappa shape index (κ1) is 13.3. The Morgan fingerprint density at radius 1 is 1.20 bits per heavy atom. The van der Waals surface area contributed by atoms with Crippen molar-refractivity contribution in [1.82, 2.24) is 15.3 Å². The van der Waals surface area contributed by atoms with Gasteiger partial charge in [0, 0.05) is 30.2 Å². The van der Waals surface area contributed by atoms with Crippen LogP contribution in [-0.2, 0) is 6.54 Å². The molecule has 0 unspecified atom stereocenters. The Labute approximate surface area is 126 Å². The van der Waals surface area contributed by atoms with Crippen molar-refractivity contribution >= 4 is 27.6 Å². The quantitative estimate of drug-likeness (QED) is 0.783. The lowest BCUT2D eigenvalue weighted by molar-refractivity contribution is 0.471. The second-order valence-corrected chi connectivity index (χ2v) is 5.59. The van der Waals surface area contributed by atoms with Crippen LogP contribution in [0.4, 0.5) is 11.6 Å². The summed E-state index contributed by atoms with van der Waals surface area (Å²) in [5, 5.41) is 9.90. The minimum atomic E-state index is 0.473. The van der Waals surface area contributed by atoms with E-state index in [0.29, 0.717) is 6.04 Å². The van der Waals surface area contributed by atoms with Crippen LogP contribution >= 0.6 is 15.9 Å². The molecule has 0 spiro atoms. The van der Waals surface area contributed by atoms with Crippen molar-refractivity contribution in [3.05, 3.63) is 46.7 Å². The molecular formula is C14H16BrN5. The van der Waals surface area contributed by atoms with Crippen molar-refractivity contribution in [2.75, 3.05) is 23.7 Å². The highest BCUT2D eigenvalue weighted by molar-refractivity contribution is 9.10. The van der Waals surface area contributed by atoms with Gasteiger partial charge in [0.2, 0.25) is 0 Å². The van der Waals surface area contributed by atoms with Crippen LogP contribution in [-0.4, -0.2) is 29.1 Å². The van der Waals surface area contributed by atoms with E-state index in [-0.39, 0.29) is 0 Å². The number of anilines is 2. The monoisotopic (exact) mass is 333 g/mol. The second kappa shape index (κ2) is 6.19. The summed E-state index contributed by atoms with van der Waals surface area (Å²) < 4.78 is 1.10. The average molecular weight is 334 g/mol. The number of nitrogens with one attached hydrogen (secondary N) is 3. The zero-order valence-corrected chi connectivity index (χ0v) is 12.5. The maximum absolute atomic E-state index is 4.24. The number of nitrogens with zero attached hydrogens (tertiary/aromatic N) is 2. The van der Waals surface area contributed by atoms with Crippen molar-refractivity contribution in [2.24, 2.45) is 0 Å². The van der Waals surface area contributed by atoms with Gasteiger partial charge in [-0.05, 0) is 11.6 Å². The van der Waals surface area contributed by atoms with Gasteiger partial charge in [-0.3, -0.25) is 0 Å². The van der Waals surface area contributed by atoms with Gasteiger partial charge in [-0.2, -0.15) is 0 Å². The summed E-state index contributed by atoms with van der Waals surface area (Å²) in [5.74, 6) is 1.69. The van der Waals surface area contributed by atoms with Gasteiger partial charge in [0.05, 0.1) is 6.04 Å². The normalized spacial score (nSPS) is 14.7. The highest BCUT2D eigenvalue weighted by Crippen LogP contribution is 2.18. The molecule has 1 fully saturated rings. The molecule has 0 atom stereocenters. The maximum atomic E-state index is 4.24. The van der Waals surface area contributed by atoms with Crippen LogP contribution < -0.4 is 16.0 Å². The summed E-state index contributed by atoms with van der Waals surface area (Å²) in [6.45, 7) is 2.70. The van der Waals surface area contributed by atoms with Crippen LogP contribution in [0.25, 0.3) is 0 Å². The van der Waals surface area contributed by atoms with Crippen molar-refractivity contribution < 1.29 is 0 Å². The molecule has 1 aromatic carbocycles. The smallest absolute Gasteiger partial charge is 0.131 e. The molecule has 5 nitrogen and oxygen atoms in total. The number of rotatable bonds is 5. The second-order valence-electron chi connectivity index (χ2n) is 4.73. The lowest BCUT2D eigenvalue weighted by Crippen LogP contribution is -2.51. The number of halogens is 1. The maximum Gasteiger partial charge on any atom is 0.131 e. The molecule has 1 aliphatic heterocycles. The molecule has 20 heavy (non-hydrogen) atoms. The van der Waals surface area contributed by atoms with Gasteiger partial charge in [0.15, 0.2) is 0 Å². The predicted octanol–water partition coefficient (Wildman–Crippen LogP) is 2.23. The highest BCUT2D eigenvalue weighted by atomic mass is 79.9. The fourth-order valence-corrected chi connectivity index (χ4v) is 2.39. The Kier molecular flexibility index (Phi) is 4.13. The van der Waals surface area contributed by atoms with Crippen molar-refractivity contribution in [1.29, 1.82) is 0 Å². The third-order valence-electron chi connectivity index (χ3n) is 3.22.